The summed E-state index contributed by atoms with van der Waals surface area (Å²) in [5.74, 6) is -1.55. The lowest BCUT2D eigenvalue weighted by Crippen LogP contribution is -2.38. The summed E-state index contributed by atoms with van der Waals surface area (Å²) >= 11 is 0. The minimum atomic E-state index is -0.703. The average molecular weight is 440 g/mol. The molecule has 32 heavy (non-hydrogen) atoms. The van der Waals surface area contributed by atoms with Gasteiger partial charge in [-0.1, -0.05) is 6.07 Å². The monoisotopic (exact) mass is 440 g/mol. The summed E-state index contributed by atoms with van der Waals surface area (Å²) in [6.07, 6.45) is 4.17. The Morgan fingerprint density at radius 2 is 2.09 bits per heavy atom. The van der Waals surface area contributed by atoms with Gasteiger partial charge in [0.25, 0.3) is 5.91 Å². The Morgan fingerprint density at radius 3 is 2.72 bits per heavy atom. The second-order valence-electron chi connectivity index (χ2n) is 7.42. The zero-order chi connectivity index (χ0) is 22.8. The van der Waals surface area contributed by atoms with E-state index in [4.69, 9.17) is 10.5 Å². The lowest BCUT2D eigenvalue weighted by molar-refractivity contribution is 0.100. The van der Waals surface area contributed by atoms with Crippen LogP contribution in [0.2, 0.25) is 0 Å². The number of nitrogens with two attached hydrogens (primary N) is 1. The third-order valence-electron chi connectivity index (χ3n) is 5.14. The lowest BCUT2D eigenvalue weighted by Gasteiger charge is -2.19. The Balaban J connectivity index is 1.76. The van der Waals surface area contributed by atoms with Gasteiger partial charge in [0, 0.05) is 61.9 Å². The van der Waals surface area contributed by atoms with Crippen molar-refractivity contribution in [2.75, 3.05) is 26.0 Å². The van der Waals surface area contributed by atoms with E-state index in [1.54, 1.807) is 38.6 Å². The number of benzene rings is 1. The molecule has 8 nitrogen and oxygen atoms in total. The van der Waals surface area contributed by atoms with Crippen LogP contribution in [-0.4, -0.2) is 47.6 Å². The fourth-order valence-electron chi connectivity index (χ4n) is 3.60. The number of rotatable bonds is 7. The van der Waals surface area contributed by atoms with Crippen molar-refractivity contribution >= 4 is 22.5 Å². The molecule has 0 radical (unpaired) electrons. The predicted molar refractivity (Wildman–Crippen MR) is 117 cm³/mol. The molecule has 0 spiro atoms. The van der Waals surface area contributed by atoms with Crippen LogP contribution in [0.3, 0.4) is 0 Å². The van der Waals surface area contributed by atoms with E-state index in [1.165, 1.54) is 23.5 Å². The summed E-state index contributed by atoms with van der Waals surface area (Å²) in [5, 5.41) is 5.08. The van der Waals surface area contributed by atoms with Crippen molar-refractivity contribution in [1.82, 2.24) is 20.4 Å². The van der Waals surface area contributed by atoms with Gasteiger partial charge in [-0.15, -0.1) is 0 Å². The molecule has 0 bridgehead atoms. The summed E-state index contributed by atoms with van der Waals surface area (Å²) < 4.78 is 34.0. The molecule has 3 aromatic rings. The van der Waals surface area contributed by atoms with Crippen LogP contribution in [0.1, 0.15) is 16.1 Å². The van der Waals surface area contributed by atoms with Crippen molar-refractivity contribution in [2.24, 2.45) is 5.73 Å². The number of hydrogen-bond donors (Lipinski definition) is 3. The van der Waals surface area contributed by atoms with Gasteiger partial charge in [0.05, 0.1) is 35.1 Å². The van der Waals surface area contributed by atoms with Gasteiger partial charge < -0.3 is 20.8 Å². The SMILES string of the molecule is COCc1ccc(-c2cc3c(NCC4NN(C)C=C4F)c(C(N)=O)cnc3cc2F)cn1. The molecule has 2 aromatic heterocycles. The first-order chi connectivity index (χ1) is 15.4. The van der Waals surface area contributed by atoms with E-state index in [9.17, 15) is 13.6 Å². The molecule has 1 aromatic carbocycles. The van der Waals surface area contributed by atoms with Gasteiger partial charge in [0.15, 0.2) is 0 Å². The number of hydrazine groups is 1. The van der Waals surface area contributed by atoms with Crippen LogP contribution in [0.5, 0.6) is 0 Å². The fraction of sp³-hybridized carbons (Fsp3) is 0.227. The average Bonchev–Trinajstić information content (AvgIpc) is 3.09. The Kier molecular flexibility index (Phi) is 5.97. The number of nitrogens with one attached hydrogen (secondary N) is 2. The highest BCUT2D eigenvalue weighted by Gasteiger charge is 2.23. The van der Waals surface area contributed by atoms with Gasteiger partial charge in [-0.2, -0.15) is 0 Å². The molecule has 1 atom stereocenters. The molecule has 3 heterocycles. The molecule has 4 rings (SSSR count). The molecule has 1 aliphatic heterocycles. The highest BCUT2D eigenvalue weighted by molar-refractivity contribution is 6.07. The van der Waals surface area contributed by atoms with Crippen LogP contribution in [0, 0.1) is 5.82 Å². The number of anilines is 1. The van der Waals surface area contributed by atoms with Crippen molar-refractivity contribution in [3.63, 3.8) is 0 Å². The first-order valence-electron chi connectivity index (χ1n) is 9.83. The lowest BCUT2D eigenvalue weighted by atomic mass is 10.0. The number of halogens is 2. The van der Waals surface area contributed by atoms with Gasteiger partial charge in [-0.25, -0.2) is 14.2 Å². The van der Waals surface area contributed by atoms with Crippen LogP contribution < -0.4 is 16.5 Å². The third kappa shape index (κ3) is 4.23. The van der Waals surface area contributed by atoms with E-state index in [1.807, 2.05) is 0 Å². The summed E-state index contributed by atoms with van der Waals surface area (Å²) in [6, 6.07) is 5.73. The summed E-state index contributed by atoms with van der Waals surface area (Å²) in [5.41, 5.74) is 10.8. The molecule has 0 saturated heterocycles. The zero-order valence-electron chi connectivity index (χ0n) is 17.5. The van der Waals surface area contributed by atoms with E-state index in [0.29, 0.717) is 34.5 Å². The molecular weight excluding hydrogens is 418 g/mol. The minimum absolute atomic E-state index is 0.124. The molecule has 0 fully saturated rings. The maximum atomic E-state index is 14.9. The largest absolute Gasteiger partial charge is 0.382 e. The van der Waals surface area contributed by atoms with Gasteiger partial charge in [-0.05, 0) is 12.1 Å². The minimum Gasteiger partial charge on any atom is -0.382 e. The van der Waals surface area contributed by atoms with Gasteiger partial charge in [0.2, 0.25) is 0 Å². The highest BCUT2D eigenvalue weighted by atomic mass is 19.1. The first-order valence-corrected chi connectivity index (χ1v) is 9.83. The molecular formula is C22H22F2N6O2. The fourth-order valence-corrected chi connectivity index (χ4v) is 3.60. The van der Waals surface area contributed by atoms with Crippen molar-refractivity contribution < 1.29 is 18.3 Å². The molecule has 10 heteroatoms. The quantitative estimate of drug-likeness (QED) is 0.519. The number of pyridine rings is 2. The Labute approximate surface area is 183 Å². The standard InChI is InChI=1S/C22H22F2N6O2/c1-30-10-18(24)20(29-30)9-28-21-15-5-14(12-3-4-13(11-32-2)26-7-12)17(23)6-19(15)27-8-16(21)22(25)31/h3-8,10,20,29H,9,11H2,1-2H3,(H2,25,31)(H,27,28). The number of hydrogen-bond acceptors (Lipinski definition) is 7. The van der Waals surface area contributed by atoms with Crippen LogP contribution in [0.4, 0.5) is 14.5 Å². The molecule has 166 valence electrons. The van der Waals surface area contributed by atoms with Crippen LogP contribution >= 0.6 is 0 Å². The second-order valence-corrected chi connectivity index (χ2v) is 7.42. The van der Waals surface area contributed by atoms with Gasteiger partial charge >= 0.3 is 0 Å². The van der Waals surface area contributed by atoms with Crippen molar-refractivity contribution in [3.05, 3.63) is 65.8 Å². The summed E-state index contributed by atoms with van der Waals surface area (Å²) in [7, 11) is 3.24. The normalized spacial score (nSPS) is 15.8. The van der Waals surface area contributed by atoms with E-state index >= 15 is 0 Å². The summed E-state index contributed by atoms with van der Waals surface area (Å²) in [4.78, 5) is 20.5. The molecule has 0 saturated carbocycles. The maximum absolute atomic E-state index is 14.9. The Hall–Kier alpha value is -3.63. The van der Waals surface area contributed by atoms with Gasteiger partial charge in [-0.3, -0.25) is 14.8 Å². The summed E-state index contributed by atoms with van der Waals surface area (Å²) in [6.45, 7) is 0.474. The number of aromatic nitrogens is 2. The highest BCUT2D eigenvalue weighted by Crippen LogP contribution is 2.33. The number of fused-ring (bicyclic) bond motifs is 1. The second kappa shape index (κ2) is 8.85. The molecule has 1 aliphatic rings. The van der Waals surface area contributed by atoms with Crippen molar-refractivity contribution in [2.45, 2.75) is 12.6 Å². The van der Waals surface area contributed by atoms with E-state index in [0.717, 1.165) is 0 Å². The maximum Gasteiger partial charge on any atom is 0.252 e. The number of carbonyl (C=O) groups excluding carboxylic acids is 1. The topological polar surface area (TPSA) is 105 Å². The van der Waals surface area contributed by atoms with E-state index < -0.39 is 17.8 Å². The van der Waals surface area contributed by atoms with Crippen molar-refractivity contribution in [1.29, 1.82) is 0 Å². The zero-order valence-corrected chi connectivity index (χ0v) is 17.5. The molecule has 1 unspecified atom stereocenters. The third-order valence-corrected chi connectivity index (χ3v) is 5.14. The number of ether oxygens (including phenoxy) is 1. The molecule has 4 N–H and O–H groups in total. The number of primary amides is 1. The van der Waals surface area contributed by atoms with Crippen LogP contribution in [0.25, 0.3) is 22.0 Å². The smallest absolute Gasteiger partial charge is 0.252 e. The number of nitrogens with zero attached hydrogens (tertiary/aromatic N) is 3. The van der Waals surface area contributed by atoms with E-state index in [-0.39, 0.29) is 23.5 Å². The number of carbonyl (C=O) groups is 1. The van der Waals surface area contributed by atoms with Crippen molar-refractivity contribution in [3.8, 4) is 11.1 Å². The van der Waals surface area contributed by atoms with Crippen LogP contribution in [-0.2, 0) is 11.3 Å². The molecule has 0 aliphatic carbocycles. The Morgan fingerprint density at radius 1 is 1.28 bits per heavy atom. The van der Waals surface area contributed by atoms with Gasteiger partial charge in [0.1, 0.15) is 11.6 Å². The molecule has 1 amide bonds. The number of methoxy groups -OCH3 is 1. The van der Waals surface area contributed by atoms with Crippen LogP contribution in [0.15, 0.2) is 48.7 Å². The predicted octanol–water partition coefficient (Wildman–Crippen LogP) is 2.72. The Bertz CT molecular complexity index is 1200. The van der Waals surface area contributed by atoms with E-state index in [2.05, 4.69) is 20.7 Å². The number of amides is 1. The first kappa shape index (κ1) is 21.6.